The number of benzene rings is 1. The number of rotatable bonds is 3. The first kappa shape index (κ1) is 18.6. The summed E-state index contributed by atoms with van der Waals surface area (Å²) < 4.78 is 5.42. The van der Waals surface area contributed by atoms with Crippen LogP contribution in [-0.2, 0) is 35.2 Å². The molecule has 1 amide bonds. The second kappa shape index (κ2) is 8.11. The Kier molecular flexibility index (Phi) is 5.19. The normalized spacial score (nSPS) is 21.2. The van der Waals surface area contributed by atoms with E-state index < -0.39 is 0 Å². The molecular weight excluding hydrogens is 364 g/mol. The number of aryl methyl sites for hydroxylation is 2. The number of carbonyl (C=O) groups is 1. The van der Waals surface area contributed by atoms with Gasteiger partial charge in [-0.05, 0) is 67.7 Å². The zero-order chi connectivity index (χ0) is 19.6. The van der Waals surface area contributed by atoms with Gasteiger partial charge in [0.2, 0.25) is 11.9 Å². The van der Waals surface area contributed by atoms with E-state index in [1.54, 1.807) is 0 Å². The Bertz CT molecular complexity index is 908. The SMILES string of the molecule is O=C(Nc1cccc2c1CCCC2)C1CCc2nc(N3CCOCC3)ncc2C1. The summed E-state index contributed by atoms with van der Waals surface area (Å²) in [5, 5.41) is 3.23. The monoisotopic (exact) mass is 392 g/mol. The maximum Gasteiger partial charge on any atom is 0.227 e. The lowest BCUT2D eigenvalue weighted by molar-refractivity contribution is -0.120. The summed E-state index contributed by atoms with van der Waals surface area (Å²) in [5.41, 5.74) is 5.96. The third kappa shape index (κ3) is 3.86. The molecule has 5 rings (SSSR count). The van der Waals surface area contributed by atoms with Crippen LogP contribution in [0.1, 0.15) is 41.6 Å². The molecule has 0 saturated carbocycles. The fraction of sp³-hybridized carbons (Fsp3) is 0.522. The number of amides is 1. The van der Waals surface area contributed by atoms with Gasteiger partial charge in [-0.15, -0.1) is 0 Å². The number of hydrogen-bond donors (Lipinski definition) is 1. The Morgan fingerprint density at radius 2 is 1.97 bits per heavy atom. The highest BCUT2D eigenvalue weighted by Gasteiger charge is 2.27. The Morgan fingerprint density at radius 3 is 2.86 bits per heavy atom. The van der Waals surface area contributed by atoms with Gasteiger partial charge >= 0.3 is 0 Å². The highest BCUT2D eigenvalue weighted by Crippen LogP contribution is 2.30. The zero-order valence-corrected chi connectivity index (χ0v) is 16.8. The molecule has 1 aliphatic heterocycles. The molecule has 2 heterocycles. The average Bonchev–Trinajstić information content (AvgIpc) is 2.79. The zero-order valence-electron chi connectivity index (χ0n) is 16.8. The minimum atomic E-state index is -0.0141. The molecule has 3 aliphatic rings. The van der Waals surface area contributed by atoms with E-state index in [2.05, 4.69) is 33.4 Å². The van der Waals surface area contributed by atoms with Gasteiger partial charge < -0.3 is 15.0 Å². The van der Waals surface area contributed by atoms with Gasteiger partial charge in [0, 0.05) is 36.6 Å². The summed E-state index contributed by atoms with van der Waals surface area (Å²) >= 11 is 0. The molecule has 152 valence electrons. The molecule has 6 heteroatoms. The Hall–Kier alpha value is -2.47. The van der Waals surface area contributed by atoms with Gasteiger partial charge in [0.15, 0.2) is 0 Å². The van der Waals surface area contributed by atoms with Gasteiger partial charge in [-0.3, -0.25) is 4.79 Å². The van der Waals surface area contributed by atoms with Gasteiger partial charge in [0.25, 0.3) is 0 Å². The van der Waals surface area contributed by atoms with Crippen LogP contribution in [0.3, 0.4) is 0 Å². The number of nitrogens with zero attached hydrogens (tertiary/aromatic N) is 3. The van der Waals surface area contributed by atoms with Gasteiger partial charge in [0.05, 0.1) is 13.2 Å². The van der Waals surface area contributed by atoms with Crippen LogP contribution in [0.4, 0.5) is 11.6 Å². The molecule has 1 saturated heterocycles. The highest BCUT2D eigenvalue weighted by atomic mass is 16.5. The van der Waals surface area contributed by atoms with Crippen molar-refractivity contribution in [2.75, 3.05) is 36.5 Å². The molecule has 2 aliphatic carbocycles. The molecule has 0 radical (unpaired) electrons. The molecule has 6 nitrogen and oxygen atoms in total. The fourth-order valence-corrected chi connectivity index (χ4v) is 4.77. The van der Waals surface area contributed by atoms with Gasteiger partial charge in [-0.1, -0.05) is 12.1 Å². The lowest BCUT2D eigenvalue weighted by Gasteiger charge is -2.29. The van der Waals surface area contributed by atoms with Crippen LogP contribution in [0.15, 0.2) is 24.4 Å². The molecule has 1 atom stereocenters. The number of morpholine rings is 1. The van der Waals surface area contributed by atoms with E-state index in [1.807, 2.05) is 6.20 Å². The molecule has 1 unspecified atom stereocenters. The first-order valence-corrected chi connectivity index (χ1v) is 10.9. The average molecular weight is 393 g/mol. The molecule has 0 spiro atoms. The summed E-state index contributed by atoms with van der Waals surface area (Å²) in [6.45, 7) is 3.13. The topological polar surface area (TPSA) is 67.4 Å². The van der Waals surface area contributed by atoms with E-state index in [9.17, 15) is 4.79 Å². The van der Waals surface area contributed by atoms with Crippen molar-refractivity contribution in [2.45, 2.75) is 44.9 Å². The number of ether oxygens (including phenoxy) is 1. The van der Waals surface area contributed by atoms with Crippen LogP contribution in [0.5, 0.6) is 0 Å². The van der Waals surface area contributed by atoms with Crippen LogP contribution >= 0.6 is 0 Å². The van der Waals surface area contributed by atoms with Crippen LogP contribution < -0.4 is 10.2 Å². The smallest absolute Gasteiger partial charge is 0.227 e. The van der Waals surface area contributed by atoms with Gasteiger partial charge in [-0.25, -0.2) is 9.97 Å². The standard InChI is InChI=1S/C23H28N4O2/c28-22(25-21-7-3-5-16-4-1-2-6-19(16)21)17-8-9-20-18(14-17)15-24-23(26-20)27-10-12-29-13-11-27/h3,5,7,15,17H,1-2,4,6,8-14H2,(H,25,28). The minimum Gasteiger partial charge on any atom is -0.378 e. The van der Waals surface area contributed by atoms with Crippen molar-refractivity contribution in [3.8, 4) is 0 Å². The second-order valence-electron chi connectivity index (χ2n) is 8.32. The summed E-state index contributed by atoms with van der Waals surface area (Å²) in [5.74, 6) is 0.914. The number of aromatic nitrogens is 2. The largest absolute Gasteiger partial charge is 0.378 e. The van der Waals surface area contributed by atoms with Crippen molar-refractivity contribution in [3.05, 3.63) is 46.8 Å². The van der Waals surface area contributed by atoms with E-state index in [0.29, 0.717) is 0 Å². The maximum atomic E-state index is 13.0. The molecule has 1 aromatic carbocycles. The molecule has 1 aromatic heterocycles. The second-order valence-corrected chi connectivity index (χ2v) is 8.32. The number of fused-ring (bicyclic) bond motifs is 2. The van der Waals surface area contributed by atoms with Crippen molar-refractivity contribution in [3.63, 3.8) is 0 Å². The summed E-state index contributed by atoms with van der Waals surface area (Å²) in [6.07, 6.45) is 8.97. The summed E-state index contributed by atoms with van der Waals surface area (Å²) in [7, 11) is 0. The highest BCUT2D eigenvalue weighted by molar-refractivity contribution is 5.93. The number of hydrogen-bond acceptors (Lipinski definition) is 5. The first-order chi connectivity index (χ1) is 14.3. The first-order valence-electron chi connectivity index (χ1n) is 10.9. The lowest BCUT2D eigenvalue weighted by atomic mass is 9.86. The number of nitrogens with one attached hydrogen (secondary N) is 1. The maximum absolute atomic E-state index is 13.0. The predicted molar refractivity (Wildman–Crippen MR) is 112 cm³/mol. The number of carbonyl (C=O) groups excluding carboxylic acids is 1. The van der Waals surface area contributed by atoms with Crippen molar-refractivity contribution < 1.29 is 9.53 Å². The van der Waals surface area contributed by atoms with Crippen molar-refractivity contribution >= 4 is 17.5 Å². The van der Waals surface area contributed by atoms with Crippen molar-refractivity contribution in [2.24, 2.45) is 5.92 Å². The van der Waals surface area contributed by atoms with Crippen LogP contribution in [0.25, 0.3) is 0 Å². The third-order valence-corrected chi connectivity index (χ3v) is 6.46. The van der Waals surface area contributed by atoms with E-state index in [1.165, 1.54) is 24.0 Å². The van der Waals surface area contributed by atoms with Crippen LogP contribution in [0, 0.1) is 5.92 Å². The van der Waals surface area contributed by atoms with E-state index >= 15 is 0 Å². The minimum absolute atomic E-state index is 0.0141. The molecule has 29 heavy (non-hydrogen) atoms. The Morgan fingerprint density at radius 1 is 1.10 bits per heavy atom. The van der Waals surface area contributed by atoms with Crippen molar-refractivity contribution in [1.29, 1.82) is 0 Å². The third-order valence-electron chi connectivity index (χ3n) is 6.46. The Balaban J connectivity index is 1.28. The molecule has 1 fully saturated rings. The fourth-order valence-electron chi connectivity index (χ4n) is 4.77. The van der Waals surface area contributed by atoms with Crippen LogP contribution in [-0.4, -0.2) is 42.2 Å². The molecule has 1 N–H and O–H groups in total. The Labute approximate surface area is 171 Å². The van der Waals surface area contributed by atoms with Crippen molar-refractivity contribution in [1.82, 2.24) is 9.97 Å². The van der Waals surface area contributed by atoms with Crippen LogP contribution in [0.2, 0.25) is 0 Å². The summed E-state index contributed by atoms with van der Waals surface area (Å²) in [6, 6.07) is 6.32. The lowest BCUT2D eigenvalue weighted by Crippen LogP contribution is -2.38. The molecule has 0 bridgehead atoms. The quantitative estimate of drug-likeness (QED) is 0.870. The van der Waals surface area contributed by atoms with E-state index in [-0.39, 0.29) is 11.8 Å². The number of anilines is 2. The molecular formula is C23H28N4O2. The van der Waals surface area contributed by atoms with Gasteiger partial charge in [0.1, 0.15) is 0 Å². The van der Waals surface area contributed by atoms with E-state index in [4.69, 9.17) is 9.72 Å². The molecule has 2 aromatic rings. The van der Waals surface area contributed by atoms with Gasteiger partial charge in [-0.2, -0.15) is 0 Å². The van der Waals surface area contributed by atoms with E-state index in [0.717, 1.165) is 81.3 Å². The predicted octanol–water partition coefficient (Wildman–Crippen LogP) is 2.94. The summed E-state index contributed by atoms with van der Waals surface area (Å²) in [4.78, 5) is 24.6.